The van der Waals surface area contributed by atoms with Gasteiger partial charge in [-0.1, -0.05) is 60.7 Å². The van der Waals surface area contributed by atoms with Crippen LogP contribution in [0, 0.1) is 0 Å². The molecule has 5 rings (SSSR count). The first-order valence-corrected chi connectivity index (χ1v) is 12.9. The zero-order valence-corrected chi connectivity index (χ0v) is 22.1. The first-order valence-electron chi connectivity index (χ1n) is 12.9. The van der Waals surface area contributed by atoms with Gasteiger partial charge in [0.05, 0.1) is 19.4 Å². The van der Waals surface area contributed by atoms with Crippen LogP contribution in [0.3, 0.4) is 0 Å². The number of carbonyl (C=O) groups is 1. The molecule has 0 amide bonds. The summed E-state index contributed by atoms with van der Waals surface area (Å²) >= 11 is 0. The van der Waals surface area contributed by atoms with Gasteiger partial charge in [0.25, 0.3) is 0 Å². The van der Waals surface area contributed by atoms with E-state index >= 15 is 4.39 Å². The molecule has 0 bridgehead atoms. The summed E-state index contributed by atoms with van der Waals surface area (Å²) in [6, 6.07) is 18.3. The van der Waals surface area contributed by atoms with Crippen LogP contribution in [0.4, 0.5) is 16.2 Å². The highest BCUT2D eigenvalue weighted by atomic mass is 19.1. The maximum absolute atomic E-state index is 16.7. The van der Waals surface area contributed by atoms with E-state index in [4.69, 9.17) is 19.9 Å². The molecule has 2 aromatic carbocycles. The maximum atomic E-state index is 16.7. The first-order chi connectivity index (χ1) is 19.3. The lowest BCUT2D eigenvalue weighted by Crippen LogP contribution is -2.44. The molecular weight excluding hydrogens is 519 g/mol. The Morgan fingerprint density at radius 1 is 1.18 bits per heavy atom. The van der Waals surface area contributed by atoms with Crippen molar-refractivity contribution in [3.8, 4) is 0 Å². The Labute approximate surface area is 230 Å². The fourth-order valence-electron chi connectivity index (χ4n) is 4.83. The average molecular weight is 551 g/mol. The summed E-state index contributed by atoms with van der Waals surface area (Å²) in [5, 5.41) is 13.4. The number of nitrogens with zero attached hydrogens (tertiary/aromatic N) is 4. The minimum absolute atomic E-state index is 0.0353. The van der Waals surface area contributed by atoms with E-state index in [9.17, 15) is 9.90 Å². The zero-order chi connectivity index (χ0) is 28.3. The summed E-state index contributed by atoms with van der Waals surface area (Å²) in [4.78, 5) is 25.6. The summed E-state index contributed by atoms with van der Waals surface area (Å²) in [6.07, 6.45) is -3.35. The highest BCUT2D eigenvalue weighted by molar-refractivity contribution is 5.84. The number of rotatable bonds is 10. The van der Waals surface area contributed by atoms with Crippen molar-refractivity contribution in [3.63, 3.8) is 0 Å². The molecule has 0 radical (unpaired) electrons. The molecule has 4 N–H and O–H groups in total. The molecule has 1 fully saturated rings. The predicted octanol–water partition coefficient (Wildman–Crippen LogP) is 2.81. The van der Waals surface area contributed by atoms with Gasteiger partial charge in [-0.3, -0.25) is 9.36 Å². The number of aliphatic hydroxyl groups excluding tert-OH is 1. The summed E-state index contributed by atoms with van der Waals surface area (Å²) < 4.78 is 35.5. The Bertz CT molecular complexity index is 1450. The Balaban J connectivity index is 1.40. The quantitative estimate of drug-likeness (QED) is 0.199. The molecule has 12 heteroatoms. The number of hydrogen-bond donors (Lipinski definition) is 3. The standard InChI is InChI=1S/C28H31FN6O5/c1-28(29)23(40-21(37)14-18-11-7-4-8-12-18)19(15-38-20(36)13-17-9-5-3-6-10-17)39-26(28)35-16-32-22-24(31-2)33-27(30)34-25(22)35/h3-12,16,19-20,23,26,36H,13-15H2,1-2H3,(H3,30,31,33,34)/t19-,20?,23-,26?,28-/m1/s1. The van der Waals surface area contributed by atoms with Gasteiger partial charge in [-0.2, -0.15) is 9.97 Å². The number of fused-ring (bicyclic) bond motifs is 1. The van der Waals surface area contributed by atoms with Gasteiger partial charge >= 0.3 is 5.97 Å². The van der Waals surface area contributed by atoms with Gasteiger partial charge in [-0.05, 0) is 18.1 Å². The van der Waals surface area contributed by atoms with E-state index in [1.807, 2.05) is 36.4 Å². The largest absolute Gasteiger partial charge is 0.456 e. The van der Waals surface area contributed by atoms with Gasteiger partial charge in [-0.15, -0.1) is 0 Å². The Morgan fingerprint density at radius 3 is 2.52 bits per heavy atom. The molecule has 3 heterocycles. The number of ether oxygens (including phenoxy) is 3. The molecule has 11 nitrogen and oxygen atoms in total. The second-order valence-corrected chi connectivity index (χ2v) is 9.73. The van der Waals surface area contributed by atoms with Gasteiger partial charge in [-0.25, -0.2) is 9.37 Å². The fraction of sp³-hybridized carbons (Fsp3) is 0.357. The minimum atomic E-state index is -2.24. The van der Waals surface area contributed by atoms with E-state index in [2.05, 4.69) is 20.3 Å². The van der Waals surface area contributed by atoms with E-state index in [1.54, 1.807) is 31.3 Å². The molecule has 0 spiro atoms. The normalized spacial score (nSPS) is 23.2. The average Bonchev–Trinajstić information content (AvgIpc) is 3.45. The van der Waals surface area contributed by atoms with Crippen LogP contribution < -0.4 is 11.1 Å². The third-order valence-corrected chi connectivity index (χ3v) is 6.76. The van der Waals surface area contributed by atoms with Crippen molar-refractivity contribution in [2.45, 2.75) is 50.2 Å². The van der Waals surface area contributed by atoms with Crippen LogP contribution in [0.25, 0.3) is 11.2 Å². The smallest absolute Gasteiger partial charge is 0.310 e. The van der Waals surface area contributed by atoms with Crippen LogP contribution in [0.5, 0.6) is 0 Å². The van der Waals surface area contributed by atoms with Crippen molar-refractivity contribution < 1.29 is 28.5 Å². The topological polar surface area (TPSA) is 147 Å². The third-order valence-electron chi connectivity index (χ3n) is 6.76. The predicted molar refractivity (Wildman–Crippen MR) is 145 cm³/mol. The van der Waals surface area contributed by atoms with Gasteiger partial charge in [0.2, 0.25) is 5.95 Å². The van der Waals surface area contributed by atoms with E-state index in [-0.39, 0.29) is 31.0 Å². The van der Waals surface area contributed by atoms with Crippen molar-refractivity contribution in [1.29, 1.82) is 0 Å². The number of aliphatic hydroxyl groups is 1. The molecule has 2 unspecified atom stereocenters. The van der Waals surface area contributed by atoms with Gasteiger partial charge in [0.1, 0.15) is 6.10 Å². The highest BCUT2D eigenvalue weighted by Crippen LogP contribution is 2.44. The molecule has 0 aliphatic carbocycles. The molecule has 2 aromatic heterocycles. The lowest BCUT2D eigenvalue weighted by Gasteiger charge is -2.28. The van der Waals surface area contributed by atoms with Crippen molar-refractivity contribution >= 4 is 28.9 Å². The molecule has 1 aliphatic rings. The number of nitrogen functional groups attached to an aromatic ring is 1. The van der Waals surface area contributed by atoms with Gasteiger partial charge < -0.3 is 30.4 Å². The highest BCUT2D eigenvalue weighted by Gasteiger charge is 2.58. The number of esters is 1. The number of imidazole rings is 1. The van der Waals surface area contributed by atoms with Crippen molar-refractivity contribution in [1.82, 2.24) is 19.5 Å². The molecule has 4 aromatic rings. The number of halogens is 1. The number of anilines is 2. The van der Waals surface area contributed by atoms with Crippen molar-refractivity contribution in [2.75, 3.05) is 24.7 Å². The molecule has 40 heavy (non-hydrogen) atoms. The lowest BCUT2D eigenvalue weighted by atomic mass is 9.98. The van der Waals surface area contributed by atoms with Crippen LogP contribution in [-0.2, 0) is 31.8 Å². The van der Waals surface area contributed by atoms with Crippen molar-refractivity contribution in [3.05, 3.63) is 78.1 Å². The molecule has 0 saturated carbocycles. The Kier molecular flexibility index (Phi) is 7.92. The molecule has 210 valence electrons. The summed E-state index contributed by atoms with van der Waals surface area (Å²) in [5.74, 6) is -0.292. The molecular formula is C28H31FN6O5. The number of hydrogen-bond acceptors (Lipinski definition) is 10. The number of nitrogens with two attached hydrogens (primary N) is 1. The van der Waals surface area contributed by atoms with E-state index in [1.165, 1.54) is 17.8 Å². The number of benzene rings is 2. The van der Waals surface area contributed by atoms with Crippen LogP contribution in [0.15, 0.2) is 67.0 Å². The summed E-state index contributed by atoms with van der Waals surface area (Å²) in [6.45, 7) is 1.05. The Morgan fingerprint density at radius 2 is 1.85 bits per heavy atom. The van der Waals surface area contributed by atoms with Crippen LogP contribution >= 0.6 is 0 Å². The second kappa shape index (κ2) is 11.5. The summed E-state index contributed by atoms with van der Waals surface area (Å²) in [5.41, 5.74) is 5.84. The van der Waals surface area contributed by atoms with Gasteiger partial charge in [0.15, 0.2) is 41.3 Å². The summed E-state index contributed by atoms with van der Waals surface area (Å²) in [7, 11) is 1.65. The SMILES string of the molecule is CNc1nc(N)nc2c1ncn2C1O[C@H](COC(O)Cc2ccccc2)[C@@H](OC(=O)Cc2ccccc2)[C@@]1(C)F. The molecule has 1 saturated heterocycles. The fourth-order valence-corrected chi connectivity index (χ4v) is 4.83. The van der Waals surface area contributed by atoms with E-state index < -0.39 is 36.4 Å². The molecule has 1 aliphatic heterocycles. The van der Waals surface area contributed by atoms with Crippen LogP contribution in [-0.4, -0.2) is 68.4 Å². The van der Waals surface area contributed by atoms with Crippen LogP contribution in [0.1, 0.15) is 24.3 Å². The van der Waals surface area contributed by atoms with E-state index in [0.29, 0.717) is 11.3 Å². The van der Waals surface area contributed by atoms with Crippen molar-refractivity contribution in [2.24, 2.45) is 0 Å². The number of alkyl halides is 1. The first kappa shape index (κ1) is 27.4. The zero-order valence-electron chi connectivity index (χ0n) is 22.1. The monoisotopic (exact) mass is 550 g/mol. The minimum Gasteiger partial charge on any atom is -0.456 e. The van der Waals surface area contributed by atoms with E-state index in [0.717, 1.165) is 11.1 Å². The lowest BCUT2D eigenvalue weighted by molar-refractivity contribution is -0.165. The second-order valence-electron chi connectivity index (χ2n) is 9.73. The number of nitrogens with one attached hydrogen (secondary N) is 1. The Hall–Kier alpha value is -4.13. The number of aromatic nitrogens is 4. The number of carbonyl (C=O) groups excluding carboxylic acids is 1. The van der Waals surface area contributed by atoms with Gasteiger partial charge in [0, 0.05) is 13.5 Å². The maximum Gasteiger partial charge on any atom is 0.310 e. The van der Waals surface area contributed by atoms with Crippen LogP contribution in [0.2, 0.25) is 0 Å². The molecule has 5 atom stereocenters. The third kappa shape index (κ3) is 5.74.